The zero-order valence-corrected chi connectivity index (χ0v) is 18.3. The van der Waals surface area contributed by atoms with E-state index in [1.165, 1.54) is 4.90 Å². The van der Waals surface area contributed by atoms with Crippen LogP contribution >= 0.6 is 0 Å². The van der Waals surface area contributed by atoms with Gasteiger partial charge in [0.25, 0.3) is 0 Å². The molecule has 2 saturated heterocycles. The Morgan fingerprint density at radius 1 is 1.14 bits per heavy atom. The van der Waals surface area contributed by atoms with Gasteiger partial charge >= 0.3 is 19.2 Å². The lowest BCUT2D eigenvalue weighted by Crippen LogP contribution is -2.42. The second kappa shape index (κ2) is 7.33. The van der Waals surface area contributed by atoms with E-state index < -0.39 is 42.0 Å². The number of hydrogen-bond donors (Lipinski definition) is 0. The van der Waals surface area contributed by atoms with E-state index in [9.17, 15) is 9.59 Å². The second-order valence-corrected chi connectivity index (χ2v) is 9.59. The fraction of sp³-hybridized carbons (Fsp3) is 0.619. The van der Waals surface area contributed by atoms with Crippen molar-refractivity contribution in [3.05, 3.63) is 29.8 Å². The Morgan fingerprint density at radius 3 is 2.21 bits per heavy atom. The van der Waals surface area contributed by atoms with Crippen LogP contribution in [0.3, 0.4) is 0 Å². The van der Waals surface area contributed by atoms with Crippen molar-refractivity contribution < 1.29 is 28.4 Å². The minimum atomic E-state index is -0.701. The van der Waals surface area contributed by atoms with Crippen LogP contribution < -0.4 is 5.46 Å². The maximum Gasteiger partial charge on any atom is 0.494 e. The third kappa shape index (κ3) is 4.59. The molecule has 0 radical (unpaired) electrons. The molecule has 7 nitrogen and oxygen atoms in total. The highest BCUT2D eigenvalue weighted by Crippen LogP contribution is 2.36. The minimum absolute atomic E-state index is 0.0928. The molecule has 2 aliphatic heterocycles. The Balaban J connectivity index is 1.69. The van der Waals surface area contributed by atoms with Gasteiger partial charge in [-0.25, -0.2) is 9.59 Å². The minimum Gasteiger partial charge on any atom is -0.444 e. The van der Waals surface area contributed by atoms with Crippen molar-refractivity contribution in [2.45, 2.75) is 77.7 Å². The molecule has 0 saturated carbocycles. The first-order valence-electron chi connectivity index (χ1n) is 9.90. The number of amides is 1. The summed E-state index contributed by atoms with van der Waals surface area (Å²) < 4.78 is 22.6. The van der Waals surface area contributed by atoms with Gasteiger partial charge in [-0.2, -0.15) is 0 Å². The van der Waals surface area contributed by atoms with Gasteiger partial charge in [-0.1, -0.05) is 24.3 Å². The summed E-state index contributed by atoms with van der Waals surface area (Å²) in [6.45, 7) is 13.3. The second-order valence-electron chi connectivity index (χ2n) is 9.59. The van der Waals surface area contributed by atoms with Crippen LogP contribution in [-0.2, 0) is 30.0 Å². The van der Waals surface area contributed by atoms with Crippen LogP contribution in [0.2, 0.25) is 0 Å². The van der Waals surface area contributed by atoms with Crippen LogP contribution in [-0.4, -0.2) is 53.7 Å². The molecule has 3 rings (SSSR count). The standard InChI is InChI=1S/C21H30BNO6/c1-19(2,3)27-18(25)23-13-26-17(24)16(23)12-14-8-10-15(11-9-14)22-28-20(4,5)21(6,7)29-22/h8-11,16H,12-13H2,1-7H3/t16-/m0/s1. The number of carbonyl (C=O) groups excluding carboxylic acids is 2. The Kier molecular flexibility index (Phi) is 5.47. The number of cyclic esters (lactones) is 1. The van der Waals surface area contributed by atoms with Crippen molar-refractivity contribution in [2.75, 3.05) is 6.73 Å². The Hall–Kier alpha value is -2.06. The van der Waals surface area contributed by atoms with E-state index in [4.69, 9.17) is 18.8 Å². The van der Waals surface area contributed by atoms with Gasteiger partial charge in [0, 0.05) is 6.42 Å². The van der Waals surface area contributed by atoms with Crippen molar-refractivity contribution in [3.8, 4) is 0 Å². The monoisotopic (exact) mass is 403 g/mol. The Bertz CT molecular complexity index is 767. The van der Waals surface area contributed by atoms with Gasteiger partial charge in [0.2, 0.25) is 0 Å². The summed E-state index contributed by atoms with van der Waals surface area (Å²) in [5.41, 5.74) is 0.362. The fourth-order valence-electron chi connectivity index (χ4n) is 3.15. The molecule has 1 atom stereocenters. The highest BCUT2D eigenvalue weighted by Gasteiger charge is 2.51. The average Bonchev–Trinajstić information content (AvgIpc) is 3.03. The van der Waals surface area contributed by atoms with E-state index in [-0.39, 0.29) is 6.73 Å². The first-order chi connectivity index (χ1) is 13.3. The van der Waals surface area contributed by atoms with Gasteiger partial charge in [-0.15, -0.1) is 0 Å². The molecule has 1 aromatic rings. The van der Waals surface area contributed by atoms with Gasteiger partial charge < -0.3 is 18.8 Å². The molecular weight excluding hydrogens is 373 g/mol. The molecule has 0 N–H and O–H groups in total. The lowest BCUT2D eigenvalue weighted by Gasteiger charge is -2.32. The van der Waals surface area contributed by atoms with Crippen molar-refractivity contribution in [3.63, 3.8) is 0 Å². The summed E-state index contributed by atoms with van der Waals surface area (Å²) in [6, 6.07) is 6.98. The molecular formula is C21H30BNO6. The van der Waals surface area contributed by atoms with Crippen molar-refractivity contribution in [1.82, 2.24) is 4.90 Å². The number of nitrogens with zero attached hydrogens (tertiary/aromatic N) is 1. The Labute approximate surface area is 172 Å². The molecule has 29 heavy (non-hydrogen) atoms. The lowest BCUT2D eigenvalue weighted by atomic mass is 9.78. The predicted molar refractivity (Wildman–Crippen MR) is 109 cm³/mol. The van der Waals surface area contributed by atoms with Gasteiger partial charge in [0.1, 0.15) is 11.6 Å². The zero-order chi connectivity index (χ0) is 21.6. The lowest BCUT2D eigenvalue weighted by molar-refractivity contribution is -0.139. The fourth-order valence-corrected chi connectivity index (χ4v) is 3.15. The number of benzene rings is 1. The number of rotatable bonds is 3. The van der Waals surface area contributed by atoms with Crippen LogP contribution in [0.15, 0.2) is 24.3 Å². The number of ether oxygens (including phenoxy) is 2. The predicted octanol–water partition coefficient (Wildman–Crippen LogP) is 2.65. The molecule has 2 fully saturated rings. The maximum atomic E-state index is 12.4. The number of carbonyl (C=O) groups is 2. The number of esters is 1. The third-order valence-corrected chi connectivity index (χ3v) is 5.56. The van der Waals surface area contributed by atoms with E-state index in [0.29, 0.717) is 6.42 Å². The molecule has 0 bridgehead atoms. The molecule has 158 valence electrons. The van der Waals surface area contributed by atoms with Crippen LogP contribution in [0.25, 0.3) is 0 Å². The molecule has 0 aliphatic carbocycles. The quantitative estimate of drug-likeness (QED) is 0.571. The summed E-state index contributed by atoms with van der Waals surface area (Å²) in [6.07, 6.45) is -0.205. The van der Waals surface area contributed by atoms with Crippen LogP contribution in [0, 0.1) is 0 Å². The third-order valence-electron chi connectivity index (χ3n) is 5.56. The van der Waals surface area contributed by atoms with Crippen molar-refractivity contribution in [2.24, 2.45) is 0 Å². The molecule has 2 aliphatic rings. The average molecular weight is 403 g/mol. The van der Waals surface area contributed by atoms with Crippen LogP contribution in [0.5, 0.6) is 0 Å². The highest BCUT2D eigenvalue weighted by molar-refractivity contribution is 6.62. The molecule has 0 spiro atoms. The van der Waals surface area contributed by atoms with Gasteiger partial charge in [-0.05, 0) is 59.5 Å². The molecule has 8 heteroatoms. The summed E-state index contributed by atoms with van der Waals surface area (Å²) in [7, 11) is -0.441. The maximum absolute atomic E-state index is 12.4. The topological polar surface area (TPSA) is 74.3 Å². The van der Waals surface area contributed by atoms with Crippen molar-refractivity contribution >= 4 is 24.6 Å². The van der Waals surface area contributed by atoms with Crippen molar-refractivity contribution in [1.29, 1.82) is 0 Å². The van der Waals surface area contributed by atoms with E-state index in [1.54, 1.807) is 20.8 Å². The summed E-state index contributed by atoms with van der Waals surface area (Å²) in [5, 5.41) is 0. The van der Waals surface area contributed by atoms with E-state index >= 15 is 0 Å². The summed E-state index contributed by atoms with van der Waals surface area (Å²) in [4.78, 5) is 25.9. The zero-order valence-electron chi connectivity index (χ0n) is 18.3. The largest absolute Gasteiger partial charge is 0.494 e. The van der Waals surface area contributed by atoms with E-state index in [0.717, 1.165) is 11.0 Å². The first kappa shape index (κ1) is 21.6. The summed E-state index contributed by atoms with van der Waals surface area (Å²) in [5.74, 6) is -0.425. The van der Waals surface area contributed by atoms with Gasteiger partial charge in [0.05, 0.1) is 11.2 Å². The van der Waals surface area contributed by atoms with Crippen LogP contribution in [0.4, 0.5) is 4.79 Å². The van der Waals surface area contributed by atoms with Gasteiger partial charge in [-0.3, -0.25) is 4.90 Å². The molecule has 2 heterocycles. The highest BCUT2D eigenvalue weighted by atomic mass is 16.7. The van der Waals surface area contributed by atoms with E-state index in [1.807, 2.05) is 52.0 Å². The van der Waals surface area contributed by atoms with E-state index in [2.05, 4.69) is 0 Å². The molecule has 1 aromatic carbocycles. The SMILES string of the molecule is CC(C)(C)OC(=O)N1COC(=O)[C@@H]1Cc1ccc(B2OC(C)(C)C(C)(C)O2)cc1. The molecule has 0 aromatic heterocycles. The molecule has 1 amide bonds. The first-order valence-corrected chi connectivity index (χ1v) is 9.90. The molecule has 0 unspecified atom stereocenters. The smallest absolute Gasteiger partial charge is 0.444 e. The number of hydrogen-bond acceptors (Lipinski definition) is 6. The van der Waals surface area contributed by atoms with Crippen LogP contribution in [0.1, 0.15) is 54.0 Å². The van der Waals surface area contributed by atoms with Gasteiger partial charge in [0.15, 0.2) is 6.73 Å². The normalized spacial score (nSPS) is 23.3. The summed E-state index contributed by atoms with van der Waals surface area (Å²) >= 11 is 0. The Morgan fingerprint density at radius 2 is 1.69 bits per heavy atom.